The van der Waals surface area contributed by atoms with Crippen molar-refractivity contribution in [3.05, 3.63) is 93.7 Å². The van der Waals surface area contributed by atoms with E-state index in [1.54, 1.807) is 13.0 Å². The maximum atomic E-state index is 13.3. The van der Waals surface area contributed by atoms with Crippen LogP contribution in [0.1, 0.15) is 71.7 Å². The molecule has 0 saturated carbocycles. The van der Waals surface area contributed by atoms with Crippen LogP contribution in [0.15, 0.2) is 48.8 Å². The molecule has 0 fully saturated rings. The molecule has 4 aromatic rings. The number of pyridine rings is 1. The van der Waals surface area contributed by atoms with Gasteiger partial charge in [0.15, 0.2) is 5.65 Å². The number of alkyl halides is 3. The first-order valence-corrected chi connectivity index (χ1v) is 11.8. The number of aromatic nitrogens is 4. The highest BCUT2D eigenvalue weighted by molar-refractivity contribution is 5.98. The van der Waals surface area contributed by atoms with Gasteiger partial charge in [0.25, 0.3) is 11.8 Å². The number of halogens is 3. The van der Waals surface area contributed by atoms with Crippen LogP contribution in [-0.4, -0.2) is 42.5 Å². The third-order valence-corrected chi connectivity index (χ3v) is 6.62. The number of fused-ring (bicyclic) bond motifs is 2. The Bertz CT molecular complexity index is 1610. The molecule has 0 unspecified atom stereocenters. The fraction of sp³-hybridized carbons (Fsp3) is 0.231. The van der Waals surface area contributed by atoms with Gasteiger partial charge in [-0.25, -0.2) is 14.3 Å². The molecule has 200 valence electrons. The van der Waals surface area contributed by atoms with Gasteiger partial charge in [-0.15, -0.1) is 0 Å². The lowest BCUT2D eigenvalue weighted by Crippen LogP contribution is -2.30. The number of carbonyl (C=O) groups is 3. The zero-order valence-corrected chi connectivity index (χ0v) is 20.4. The van der Waals surface area contributed by atoms with Gasteiger partial charge in [-0.1, -0.05) is 12.1 Å². The average molecular weight is 538 g/mol. The molecule has 1 aliphatic rings. The molecule has 1 aliphatic carbocycles. The first kappa shape index (κ1) is 25.8. The van der Waals surface area contributed by atoms with E-state index < -0.39 is 29.7 Å². The van der Waals surface area contributed by atoms with E-state index in [0.717, 1.165) is 23.4 Å². The predicted molar refractivity (Wildman–Crippen MR) is 130 cm³/mol. The van der Waals surface area contributed by atoms with Gasteiger partial charge in [0.1, 0.15) is 17.1 Å². The Balaban J connectivity index is 1.34. The van der Waals surface area contributed by atoms with Gasteiger partial charge in [0.2, 0.25) is 0 Å². The second-order valence-electron chi connectivity index (χ2n) is 9.04. The van der Waals surface area contributed by atoms with E-state index >= 15 is 0 Å². The predicted octanol–water partition coefficient (Wildman–Crippen LogP) is 3.50. The normalized spacial score (nSPS) is 14.7. The highest BCUT2D eigenvalue weighted by atomic mass is 19.4. The Morgan fingerprint density at radius 3 is 2.62 bits per heavy atom. The number of rotatable bonds is 6. The van der Waals surface area contributed by atoms with Crippen molar-refractivity contribution in [2.75, 3.05) is 0 Å². The van der Waals surface area contributed by atoms with Crippen LogP contribution in [0.4, 0.5) is 13.2 Å². The molecular formula is C26H21F3N6O4. The van der Waals surface area contributed by atoms with E-state index in [0.29, 0.717) is 24.0 Å². The van der Waals surface area contributed by atoms with Gasteiger partial charge in [0, 0.05) is 24.9 Å². The van der Waals surface area contributed by atoms with Crippen LogP contribution in [0.2, 0.25) is 0 Å². The standard InChI is InChI=1S/C26H21F3N6O4/c1-13-15-5-6-18(17(15)4-3-16(13)25(38)39)34-24(37)20-10-19(33-22-8-9-32-35(20)22)23(36)31-12-14-2-7-21(30-11-14)26(27,28)29/h2-4,7-11,18H,5-6,12H2,1H3,(H,31,36)(H,34,37)(H,38,39)/t18-/m0/s1. The number of amides is 2. The van der Waals surface area contributed by atoms with E-state index in [9.17, 15) is 32.7 Å². The van der Waals surface area contributed by atoms with E-state index in [1.165, 1.54) is 35.0 Å². The summed E-state index contributed by atoms with van der Waals surface area (Å²) in [6, 6.07) is 7.70. The van der Waals surface area contributed by atoms with Crippen molar-refractivity contribution >= 4 is 23.4 Å². The third kappa shape index (κ3) is 5.02. The zero-order valence-electron chi connectivity index (χ0n) is 20.4. The molecular weight excluding hydrogens is 517 g/mol. The van der Waals surface area contributed by atoms with Gasteiger partial charge < -0.3 is 15.7 Å². The van der Waals surface area contributed by atoms with Gasteiger partial charge in [0.05, 0.1) is 17.8 Å². The summed E-state index contributed by atoms with van der Waals surface area (Å²) in [6.45, 7) is 1.64. The summed E-state index contributed by atoms with van der Waals surface area (Å²) in [7, 11) is 0. The second-order valence-corrected chi connectivity index (χ2v) is 9.04. The SMILES string of the molecule is Cc1c(C(=O)O)ccc2c1CC[C@@H]2NC(=O)c1cc(C(=O)NCc2ccc(C(F)(F)F)nc2)nc2ccnn12. The van der Waals surface area contributed by atoms with Crippen LogP contribution < -0.4 is 10.6 Å². The smallest absolute Gasteiger partial charge is 0.433 e. The molecule has 13 heteroatoms. The molecule has 0 aliphatic heterocycles. The Kier molecular flexibility index (Phi) is 6.50. The highest BCUT2D eigenvalue weighted by Gasteiger charge is 2.32. The summed E-state index contributed by atoms with van der Waals surface area (Å²) in [6.07, 6.45) is -0.934. The largest absolute Gasteiger partial charge is 0.478 e. The van der Waals surface area contributed by atoms with Gasteiger partial charge >= 0.3 is 12.1 Å². The summed E-state index contributed by atoms with van der Waals surface area (Å²) >= 11 is 0. The molecule has 3 heterocycles. The lowest BCUT2D eigenvalue weighted by molar-refractivity contribution is -0.141. The lowest BCUT2D eigenvalue weighted by Gasteiger charge is -2.16. The summed E-state index contributed by atoms with van der Waals surface area (Å²) in [5.74, 6) is -2.17. The van der Waals surface area contributed by atoms with E-state index in [-0.39, 0.29) is 35.2 Å². The molecule has 1 aromatic carbocycles. The van der Waals surface area contributed by atoms with Gasteiger partial charge in [-0.2, -0.15) is 18.3 Å². The molecule has 10 nitrogen and oxygen atoms in total. The van der Waals surface area contributed by atoms with Crippen molar-refractivity contribution in [2.45, 2.75) is 38.5 Å². The van der Waals surface area contributed by atoms with Crippen molar-refractivity contribution < 1.29 is 32.7 Å². The number of hydrogen-bond donors (Lipinski definition) is 3. The third-order valence-electron chi connectivity index (χ3n) is 6.62. The minimum absolute atomic E-state index is 0.0543. The molecule has 0 radical (unpaired) electrons. The summed E-state index contributed by atoms with van der Waals surface area (Å²) < 4.78 is 39.5. The molecule has 1 atom stereocenters. The van der Waals surface area contributed by atoms with Crippen molar-refractivity contribution in [2.24, 2.45) is 0 Å². The van der Waals surface area contributed by atoms with Crippen LogP contribution >= 0.6 is 0 Å². The minimum atomic E-state index is -4.57. The molecule has 3 aromatic heterocycles. The summed E-state index contributed by atoms with van der Waals surface area (Å²) in [5.41, 5.74) is 2.13. The molecule has 5 rings (SSSR count). The Morgan fingerprint density at radius 1 is 1.13 bits per heavy atom. The molecule has 2 amide bonds. The molecule has 0 spiro atoms. The number of nitrogens with zero attached hydrogens (tertiary/aromatic N) is 4. The fourth-order valence-corrected chi connectivity index (χ4v) is 4.65. The quantitative estimate of drug-likeness (QED) is 0.342. The molecule has 39 heavy (non-hydrogen) atoms. The van der Waals surface area contributed by atoms with Crippen LogP contribution in [0.5, 0.6) is 0 Å². The maximum Gasteiger partial charge on any atom is 0.433 e. The van der Waals surface area contributed by atoms with Crippen LogP contribution in [0.25, 0.3) is 5.65 Å². The number of benzene rings is 1. The number of nitrogens with one attached hydrogen (secondary N) is 2. The second kappa shape index (κ2) is 9.82. The number of aromatic carboxylic acids is 1. The van der Waals surface area contributed by atoms with Crippen LogP contribution in [-0.2, 0) is 19.1 Å². The van der Waals surface area contributed by atoms with Gasteiger partial charge in [-0.3, -0.25) is 14.6 Å². The number of carbonyl (C=O) groups excluding carboxylic acids is 2. The first-order valence-electron chi connectivity index (χ1n) is 11.8. The van der Waals surface area contributed by atoms with Crippen LogP contribution in [0.3, 0.4) is 0 Å². The van der Waals surface area contributed by atoms with Crippen molar-refractivity contribution in [3.63, 3.8) is 0 Å². The van der Waals surface area contributed by atoms with E-state index in [1.807, 2.05) is 0 Å². The number of carboxylic acid groups (broad SMARTS) is 1. The zero-order chi connectivity index (χ0) is 27.9. The first-order chi connectivity index (χ1) is 18.5. The topological polar surface area (TPSA) is 139 Å². The Morgan fingerprint density at radius 2 is 1.92 bits per heavy atom. The maximum absolute atomic E-state index is 13.3. The monoisotopic (exact) mass is 538 g/mol. The number of hydrogen-bond acceptors (Lipinski definition) is 6. The minimum Gasteiger partial charge on any atom is -0.478 e. The highest BCUT2D eigenvalue weighted by Crippen LogP contribution is 2.35. The Labute approximate surface area is 218 Å². The van der Waals surface area contributed by atoms with Gasteiger partial charge in [-0.05, 0) is 54.2 Å². The van der Waals surface area contributed by atoms with Crippen molar-refractivity contribution in [1.82, 2.24) is 30.2 Å². The summed E-state index contributed by atoms with van der Waals surface area (Å²) in [5, 5.41) is 19.0. The fourth-order valence-electron chi connectivity index (χ4n) is 4.65. The molecule has 3 N–H and O–H groups in total. The summed E-state index contributed by atoms with van der Waals surface area (Å²) in [4.78, 5) is 45.2. The van der Waals surface area contributed by atoms with Crippen molar-refractivity contribution in [1.29, 1.82) is 0 Å². The Hall–Kier alpha value is -4.81. The average Bonchev–Trinajstić information content (AvgIpc) is 3.54. The van der Waals surface area contributed by atoms with Crippen molar-refractivity contribution in [3.8, 4) is 0 Å². The lowest BCUT2D eigenvalue weighted by atomic mass is 9.98. The van der Waals surface area contributed by atoms with Crippen LogP contribution in [0, 0.1) is 6.92 Å². The number of carboxylic acids is 1. The van der Waals surface area contributed by atoms with E-state index in [2.05, 4.69) is 25.7 Å². The van der Waals surface area contributed by atoms with E-state index in [4.69, 9.17) is 0 Å². The molecule has 0 saturated heterocycles. The molecule has 0 bridgehead atoms.